The molecule has 0 atom stereocenters. The topological polar surface area (TPSA) is 57.7 Å². The lowest BCUT2D eigenvalue weighted by Crippen LogP contribution is -2.51. The van der Waals surface area contributed by atoms with Gasteiger partial charge in [-0.1, -0.05) is 19.1 Å². The molecule has 20 heavy (non-hydrogen) atoms. The summed E-state index contributed by atoms with van der Waals surface area (Å²) in [5.41, 5.74) is 1.26. The second-order valence-electron chi connectivity index (χ2n) is 5.17. The fourth-order valence-corrected chi connectivity index (χ4v) is 3.98. The Morgan fingerprint density at radius 1 is 1.20 bits per heavy atom. The molecule has 5 nitrogen and oxygen atoms in total. The summed E-state index contributed by atoms with van der Waals surface area (Å²) in [7, 11) is -3.44. The molecule has 1 aromatic carbocycles. The van der Waals surface area contributed by atoms with Crippen molar-refractivity contribution in [3.05, 3.63) is 24.3 Å². The van der Waals surface area contributed by atoms with Crippen LogP contribution in [0.25, 0.3) is 0 Å². The van der Waals surface area contributed by atoms with Gasteiger partial charge in [0.1, 0.15) is 6.54 Å². The van der Waals surface area contributed by atoms with E-state index in [-0.39, 0.29) is 24.2 Å². The monoisotopic (exact) mass is 296 g/mol. The zero-order valence-electron chi connectivity index (χ0n) is 12.0. The molecule has 0 fully saturated rings. The summed E-state index contributed by atoms with van der Waals surface area (Å²) in [6.07, 6.45) is 0.531. The predicted octanol–water partition coefficient (Wildman–Crippen LogP) is 1.99. The molecule has 1 aliphatic heterocycles. The van der Waals surface area contributed by atoms with Crippen molar-refractivity contribution in [1.29, 1.82) is 0 Å². The third-order valence-corrected chi connectivity index (χ3v) is 5.19. The molecule has 0 bridgehead atoms. The Bertz CT molecular complexity index is 611. The van der Waals surface area contributed by atoms with Crippen LogP contribution < -0.4 is 9.21 Å². The smallest absolute Gasteiger partial charge is 0.248 e. The standard InChI is InChI=1S/C14H20N2O3S/c1-4-9-20(18,19)15-10-14(17)16(11(2)3)13-8-6-5-7-12(13)15/h5-8,11H,4,9-10H2,1-3H3. The first kappa shape index (κ1) is 14.8. The van der Waals surface area contributed by atoms with Gasteiger partial charge in [-0.05, 0) is 32.4 Å². The number of hydrogen-bond acceptors (Lipinski definition) is 3. The Morgan fingerprint density at radius 3 is 2.35 bits per heavy atom. The van der Waals surface area contributed by atoms with Crippen LogP contribution in [-0.2, 0) is 14.8 Å². The van der Waals surface area contributed by atoms with Crippen molar-refractivity contribution in [3.8, 4) is 0 Å². The zero-order chi connectivity index (χ0) is 14.9. The number of para-hydroxylation sites is 2. The van der Waals surface area contributed by atoms with Gasteiger partial charge in [-0.2, -0.15) is 0 Å². The number of amides is 1. The number of rotatable bonds is 4. The molecular weight excluding hydrogens is 276 g/mol. The number of carbonyl (C=O) groups is 1. The van der Waals surface area contributed by atoms with E-state index in [0.717, 1.165) is 0 Å². The number of hydrogen-bond donors (Lipinski definition) is 0. The lowest BCUT2D eigenvalue weighted by molar-refractivity contribution is -0.117. The van der Waals surface area contributed by atoms with Crippen molar-refractivity contribution in [2.45, 2.75) is 33.2 Å². The van der Waals surface area contributed by atoms with Crippen LogP contribution in [0.15, 0.2) is 24.3 Å². The van der Waals surface area contributed by atoms with E-state index in [1.165, 1.54) is 4.31 Å². The Balaban J connectivity index is 2.54. The number of sulfonamides is 1. The molecular formula is C14H20N2O3S. The third-order valence-electron chi connectivity index (χ3n) is 3.27. The van der Waals surface area contributed by atoms with Gasteiger partial charge >= 0.3 is 0 Å². The predicted molar refractivity (Wildman–Crippen MR) is 80.5 cm³/mol. The van der Waals surface area contributed by atoms with E-state index in [4.69, 9.17) is 0 Å². The molecule has 0 radical (unpaired) electrons. The molecule has 1 heterocycles. The van der Waals surface area contributed by atoms with E-state index in [1.807, 2.05) is 26.8 Å². The Hall–Kier alpha value is -1.56. The van der Waals surface area contributed by atoms with Crippen molar-refractivity contribution in [1.82, 2.24) is 0 Å². The SMILES string of the molecule is CCCS(=O)(=O)N1CC(=O)N(C(C)C)c2ccccc21. The fraction of sp³-hybridized carbons (Fsp3) is 0.500. The molecule has 1 amide bonds. The summed E-state index contributed by atoms with van der Waals surface area (Å²) in [6, 6.07) is 7.16. The van der Waals surface area contributed by atoms with Gasteiger partial charge < -0.3 is 4.90 Å². The van der Waals surface area contributed by atoms with Crippen LogP contribution >= 0.6 is 0 Å². The number of nitrogens with zero attached hydrogens (tertiary/aromatic N) is 2. The molecule has 2 rings (SSSR count). The highest BCUT2D eigenvalue weighted by Gasteiger charge is 2.35. The minimum atomic E-state index is -3.44. The van der Waals surface area contributed by atoms with Crippen molar-refractivity contribution >= 4 is 27.3 Å². The van der Waals surface area contributed by atoms with E-state index in [0.29, 0.717) is 17.8 Å². The van der Waals surface area contributed by atoms with Gasteiger partial charge in [0.2, 0.25) is 15.9 Å². The highest BCUT2D eigenvalue weighted by molar-refractivity contribution is 7.92. The van der Waals surface area contributed by atoms with E-state index in [2.05, 4.69) is 0 Å². The molecule has 0 spiro atoms. The summed E-state index contributed by atoms with van der Waals surface area (Å²) in [6.45, 7) is 5.54. The maximum Gasteiger partial charge on any atom is 0.248 e. The van der Waals surface area contributed by atoms with Gasteiger partial charge in [0, 0.05) is 6.04 Å². The minimum Gasteiger partial charge on any atom is -0.306 e. The molecule has 0 aromatic heterocycles. The maximum atomic E-state index is 12.3. The van der Waals surface area contributed by atoms with Crippen molar-refractivity contribution in [2.24, 2.45) is 0 Å². The molecule has 1 aliphatic rings. The van der Waals surface area contributed by atoms with Crippen LogP contribution in [0, 0.1) is 0 Å². The highest BCUT2D eigenvalue weighted by atomic mass is 32.2. The fourth-order valence-electron chi connectivity index (χ4n) is 2.48. The molecule has 110 valence electrons. The number of fused-ring (bicyclic) bond motifs is 1. The average molecular weight is 296 g/mol. The Labute approximate surface area is 120 Å². The third kappa shape index (κ3) is 2.52. The van der Waals surface area contributed by atoms with Crippen LogP contribution in [0.1, 0.15) is 27.2 Å². The van der Waals surface area contributed by atoms with Crippen molar-refractivity contribution in [2.75, 3.05) is 21.5 Å². The zero-order valence-corrected chi connectivity index (χ0v) is 12.9. The number of carbonyl (C=O) groups excluding carboxylic acids is 1. The summed E-state index contributed by atoms with van der Waals surface area (Å²) in [4.78, 5) is 13.9. The van der Waals surface area contributed by atoms with E-state index in [9.17, 15) is 13.2 Å². The number of benzene rings is 1. The lowest BCUT2D eigenvalue weighted by Gasteiger charge is -2.38. The van der Waals surface area contributed by atoms with Gasteiger partial charge in [-0.3, -0.25) is 9.10 Å². The largest absolute Gasteiger partial charge is 0.306 e. The second-order valence-corrected chi connectivity index (χ2v) is 7.18. The van der Waals surface area contributed by atoms with E-state index >= 15 is 0 Å². The molecule has 6 heteroatoms. The van der Waals surface area contributed by atoms with Gasteiger partial charge in [-0.25, -0.2) is 8.42 Å². The summed E-state index contributed by atoms with van der Waals surface area (Å²) >= 11 is 0. The first-order valence-electron chi connectivity index (χ1n) is 6.80. The highest BCUT2D eigenvalue weighted by Crippen LogP contribution is 2.36. The van der Waals surface area contributed by atoms with Gasteiger partial charge in [0.15, 0.2) is 0 Å². The molecule has 0 N–H and O–H groups in total. The van der Waals surface area contributed by atoms with Gasteiger partial charge in [-0.15, -0.1) is 0 Å². The Morgan fingerprint density at radius 2 is 1.80 bits per heavy atom. The molecule has 0 saturated carbocycles. The quantitative estimate of drug-likeness (QED) is 0.853. The summed E-state index contributed by atoms with van der Waals surface area (Å²) in [5, 5.41) is 0. The van der Waals surface area contributed by atoms with Gasteiger partial charge in [0.05, 0.1) is 17.1 Å². The van der Waals surface area contributed by atoms with Crippen LogP contribution in [0.2, 0.25) is 0 Å². The van der Waals surface area contributed by atoms with Crippen LogP contribution in [0.5, 0.6) is 0 Å². The van der Waals surface area contributed by atoms with Crippen LogP contribution in [-0.4, -0.2) is 32.7 Å². The molecule has 0 saturated heterocycles. The minimum absolute atomic E-state index is 0.000297. The van der Waals surface area contributed by atoms with Crippen LogP contribution in [0.4, 0.5) is 11.4 Å². The van der Waals surface area contributed by atoms with Crippen molar-refractivity contribution < 1.29 is 13.2 Å². The maximum absolute atomic E-state index is 12.3. The van der Waals surface area contributed by atoms with Crippen LogP contribution in [0.3, 0.4) is 0 Å². The normalized spacial score (nSPS) is 15.7. The first-order valence-corrected chi connectivity index (χ1v) is 8.41. The molecule has 0 unspecified atom stereocenters. The second kappa shape index (κ2) is 5.44. The van der Waals surface area contributed by atoms with Gasteiger partial charge in [0.25, 0.3) is 0 Å². The molecule has 0 aliphatic carbocycles. The average Bonchev–Trinajstić information content (AvgIpc) is 2.37. The van der Waals surface area contributed by atoms with E-state index in [1.54, 1.807) is 23.1 Å². The lowest BCUT2D eigenvalue weighted by atomic mass is 10.1. The number of anilines is 2. The van der Waals surface area contributed by atoms with Crippen molar-refractivity contribution in [3.63, 3.8) is 0 Å². The van der Waals surface area contributed by atoms with E-state index < -0.39 is 10.0 Å². The summed E-state index contributed by atoms with van der Waals surface area (Å²) < 4.78 is 25.9. The Kier molecular flexibility index (Phi) is 4.04. The summed E-state index contributed by atoms with van der Waals surface area (Å²) in [5.74, 6) is -0.130. The first-order chi connectivity index (χ1) is 9.38. The molecule has 1 aromatic rings.